The summed E-state index contributed by atoms with van der Waals surface area (Å²) in [6.07, 6.45) is 0. The number of para-hydroxylation sites is 1. The smallest absolute Gasteiger partial charge is 0.846 e. The monoisotopic (exact) mass is 672 g/mol. The zero-order chi connectivity index (χ0) is 23.9. The maximum absolute atomic E-state index is 11.1. The van der Waals surface area contributed by atoms with Gasteiger partial charge in [-0.05, 0) is 39.4 Å². The molecule has 0 atom stereocenters. The molecular weight excluding hydrogens is 637 g/mol. The van der Waals surface area contributed by atoms with Gasteiger partial charge in [-0.2, -0.15) is 0 Å². The van der Waals surface area contributed by atoms with Crippen LogP contribution in [0.4, 0.5) is 17.1 Å². The standard InChI is InChI=1S/C16H24N2Si2.C9H12N2O.Bi/c1-19(2,3)17-14-11-7-9-13-10-8-12-15(16(13)14)18-20(4,5)6;1-11(2)9(12)10-8-6-4-3-5-7-8;/h7-12H,1-6H3;3-7H,1-2H3,(H,10,12);/q-2;;+3/p-1. The van der Waals surface area contributed by atoms with Crippen molar-refractivity contribution < 1.29 is 5.11 Å². The van der Waals surface area contributed by atoms with Crippen molar-refractivity contribution in [1.82, 2.24) is 4.90 Å². The number of nitrogens with zero attached hydrogens (tertiary/aromatic N) is 4. The fourth-order valence-electron chi connectivity index (χ4n) is 2.92. The summed E-state index contributed by atoms with van der Waals surface area (Å²) in [5, 5.41) is 13.5. The van der Waals surface area contributed by atoms with E-state index in [4.69, 9.17) is 9.96 Å². The van der Waals surface area contributed by atoms with E-state index in [1.165, 1.54) is 15.7 Å². The Kier molecular flexibility index (Phi) is 11.1. The van der Waals surface area contributed by atoms with Crippen molar-refractivity contribution in [2.24, 2.45) is 4.99 Å². The van der Waals surface area contributed by atoms with Crippen molar-refractivity contribution in [3.8, 4) is 0 Å². The average molecular weight is 673 g/mol. The SMILES string of the molecule is CN(C)C([O-])=Nc1ccccc1.C[Si](C)(C)[N-]c1cccc2cccc([N-][Si](C)(C)C)c12.[Bi+3]. The fraction of sp³-hybridized carbons (Fsp3) is 0.320. The molecule has 0 aliphatic carbocycles. The van der Waals surface area contributed by atoms with Crippen molar-refractivity contribution in [2.75, 3.05) is 14.1 Å². The van der Waals surface area contributed by atoms with Gasteiger partial charge in [0.2, 0.25) is 0 Å². The third-order valence-electron chi connectivity index (χ3n) is 4.14. The van der Waals surface area contributed by atoms with Crippen LogP contribution in [0.25, 0.3) is 20.7 Å². The molecule has 2 radical (unpaired) electrons. The van der Waals surface area contributed by atoms with Crippen LogP contribution < -0.4 is 5.11 Å². The number of rotatable bonds is 5. The Morgan fingerprint density at radius 1 is 0.727 bits per heavy atom. The van der Waals surface area contributed by atoms with Crippen LogP contribution in [0.3, 0.4) is 0 Å². The molecule has 0 aliphatic heterocycles. The molecule has 0 saturated heterocycles. The number of aliphatic imine (C=N–C) groups is 1. The van der Waals surface area contributed by atoms with E-state index < -0.39 is 16.5 Å². The topological polar surface area (TPSA) is 66.9 Å². The van der Waals surface area contributed by atoms with E-state index in [1.807, 2.05) is 18.2 Å². The average Bonchev–Trinajstić information content (AvgIpc) is 2.67. The van der Waals surface area contributed by atoms with Crippen molar-refractivity contribution in [1.29, 1.82) is 0 Å². The van der Waals surface area contributed by atoms with Gasteiger partial charge in [0, 0.05) is 14.1 Å². The summed E-state index contributed by atoms with van der Waals surface area (Å²) in [5.74, 6) is 0. The largest absolute Gasteiger partial charge is 3.00 e. The summed E-state index contributed by atoms with van der Waals surface area (Å²) in [4.78, 5) is 15.3. The first-order valence-electron chi connectivity index (χ1n) is 10.8. The van der Waals surface area contributed by atoms with Gasteiger partial charge < -0.3 is 20.0 Å². The summed E-state index contributed by atoms with van der Waals surface area (Å²) < 4.78 is 0. The maximum atomic E-state index is 11.1. The summed E-state index contributed by atoms with van der Waals surface area (Å²) in [7, 11) is 0.346. The van der Waals surface area contributed by atoms with E-state index in [1.54, 1.807) is 26.2 Å². The van der Waals surface area contributed by atoms with Crippen LogP contribution in [0.2, 0.25) is 39.3 Å². The van der Waals surface area contributed by atoms with Crippen LogP contribution in [0, 0.1) is 0 Å². The van der Waals surface area contributed by atoms with Gasteiger partial charge in [0.15, 0.2) is 0 Å². The molecule has 174 valence electrons. The molecule has 0 amide bonds. The third kappa shape index (κ3) is 10.3. The molecular formula is C25H35BiN4OSi2. The van der Waals surface area contributed by atoms with Crippen molar-refractivity contribution in [3.63, 3.8) is 0 Å². The van der Waals surface area contributed by atoms with Gasteiger partial charge >= 0.3 is 26.2 Å². The summed E-state index contributed by atoms with van der Waals surface area (Å²) in [5.41, 5.74) is 2.91. The number of hydrogen-bond donors (Lipinski definition) is 0. The van der Waals surface area contributed by atoms with Gasteiger partial charge in [0.25, 0.3) is 0 Å². The molecule has 0 saturated carbocycles. The van der Waals surface area contributed by atoms with Crippen LogP contribution in [0.15, 0.2) is 71.7 Å². The molecule has 3 aromatic rings. The molecule has 0 fully saturated rings. The molecule has 3 aromatic carbocycles. The van der Waals surface area contributed by atoms with Crippen molar-refractivity contribution in [2.45, 2.75) is 39.3 Å². The minimum atomic E-state index is -1.50. The fourth-order valence-corrected chi connectivity index (χ4v) is 4.74. The number of hydrogen-bond acceptors (Lipinski definition) is 2. The first-order chi connectivity index (χ1) is 14.9. The molecule has 0 N–H and O–H groups in total. The summed E-state index contributed by atoms with van der Waals surface area (Å²) in [6, 6.07) is 21.7. The van der Waals surface area contributed by atoms with Crippen LogP contribution in [-0.2, 0) is 0 Å². The molecule has 0 bridgehead atoms. The molecule has 0 aliphatic rings. The maximum Gasteiger partial charge on any atom is 3.00 e. The van der Waals surface area contributed by atoms with E-state index >= 15 is 0 Å². The second kappa shape index (κ2) is 12.5. The van der Waals surface area contributed by atoms with Crippen LogP contribution in [0.5, 0.6) is 0 Å². The quantitative estimate of drug-likeness (QED) is 0.171. The zero-order valence-electron chi connectivity index (χ0n) is 21.0. The van der Waals surface area contributed by atoms with Gasteiger partial charge in [-0.15, -0.1) is 11.4 Å². The molecule has 0 spiro atoms. The Hall–Kier alpha value is -1.89. The van der Waals surface area contributed by atoms with E-state index in [2.05, 4.69) is 80.7 Å². The number of fused-ring (bicyclic) bond motifs is 1. The number of amidine groups is 1. The van der Waals surface area contributed by atoms with Crippen molar-refractivity contribution >= 4 is 76.5 Å². The Labute approximate surface area is 220 Å². The molecule has 3 rings (SSSR count). The molecule has 0 unspecified atom stereocenters. The van der Waals surface area contributed by atoms with E-state index in [0.717, 1.165) is 11.4 Å². The molecule has 0 heterocycles. The van der Waals surface area contributed by atoms with Crippen LogP contribution in [-0.4, -0.2) is 67.7 Å². The Morgan fingerprint density at radius 2 is 1.18 bits per heavy atom. The number of benzene rings is 3. The summed E-state index contributed by atoms with van der Waals surface area (Å²) in [6.45, 7) is 13.6. The first kappa shape index (κ1) is 29.1. The normalized spacial score (nSPS) is 11.7. The van der Waals surface area contributed by atoms with E-state index in [-0.39, 0.29) is 32.2 Å². The van der Waals surface area contributed by atoms with Crippen LogP contribution >= 0.6 is 0 Å². The predicted molar refractivity (Wildman–Crippen MR) is 150 cm³/mol. The minimum absolute atomic E-state index is 0. The second-order valence-electron chi connectivity index (χ2n) is 9.84. The minimum Gasteiger partial charge on any atom is -0.846 e. The van der Waals surface area contributed by atoms with E-state index in [0.29, 0.717) is 5.69 Å². The van der Waals surface area contributed by atoms with Gasteiger partial charge in [0.05, 0.1) is 11.7 Å². The Bertz CT molecular complexity index is 995. The van der Waals surface area contributed by atoms with Gasteiger partial charge in [-0.25, -0.2) is 4.99 Å². The Morgan fingerprint density at radius 3 is 1.58 bits per heavy atom. The summed E-state index contributed by atoms with van der Waals surface area (Å²) >= 11 is 0. The predicted octanol–water partition coefficient (Wildman–Crippen LogP) is 6.74. The second-order valence-corrected chi connectivity index (χ2v) is 19.0. The van der Waals surface area contributed by atoms with Crippen LogP contribution in [0.1, 0.15) is 0 Å². The molecule has 0 aromatic heterocycles. The first-order valence-corrected chi connectivity index (χ1v) is 17.7. The zero-order valence-corrected chi connectivity index (χ0v) is 26.5. The molecule has 5 nitrogen and oxygen atoms in total. The van der Waals surface area contributed by atoms with Gasteiger partial charge in [-0.1, -0.05) is 93.9 Å². The molecule has 33 heavy (non-hydrogen) atoms. The van der Waals surface area contributed by atoms with Gasteiger partial charge in [-0.3, -0.25) is 0 Å². The van der Waals surface area contributed by atoms with E-state index in [9.17, 15) is 5.11 Å². The molecule has 8 heteroatoms. The third-order valence-corrected chi connectivity index (χ3v) is 5.96. The van der Waals surface area contributed by atoms with Gasteiger partial charge in [0.1, 0.15) is 0 Å². The van der Waals surface area contributed by atoms with Crippen molar-refractivity contribution in [3.05, 3.63) is 76.7 Å². The Balaban J connectivity index is 0.000000361.